The Hall–Kier alpha value is -1.86. The molecule has 0 bridgehead atoms. The first kappa shape index (κ1) is 17.0. The van der Waals surface area contributed by atoms with E-state index < -0.39 is 0 Å². The monoisotopic (exact) mass is 346 g/mol. The summed E-state index contributed by atoms with van der Waals surface area (Å²) in [4.78, 5) is 11.8. The molecule has 1 heterocycles. The van der Waals surface area contributed by atoms with Gasteiger partial charge in [-0.3, -0.25) is 4.79 Å². The smallest absolute Gasteiger partial charge is 0.230 e. The van der Waals surface area contributed by atoms with E-state index in [-0.39, 0.29) is 12.5 Å². The third kappa shape index (κ3) is 4.58. The Morgan fingerprint density at radius 1 is 1.29 bits per heavy atom. The van der Waals surface area contributed by atoms with Crippen LogP contribution in [0.3, 0.4) is 0 Å². The average Bonchev–Trinajstić information content (AvgIpc) is 3.37. The topological polar surface area (TPSA) is 80.0 Å². The van der Waals surface area contributed by atoms with Gasteiger partial charge in [0.05, 0.1) is 12.3 Å². The molecule has 1 aliphatic rings. The van der Waals surface area contributed by atoms with Gasteiger partial charge >= 0.3 is 0 Å². The molecule has 1 aromatic carbocycles. The predicted octanol–water partition coefficient (Wildman–Crippen LogP) is 1.79. The van der Waals surface area contributed by atoms with Crippen molar-refractivity contribution < 1.29 is 9.90 Å². The van der Waals surface area contributed by atoms with Gasteiger partial charge in [0, 0.05) is 19.1 Å². The fourth-order valence-corrected chi connectivity index (χ4v) is 3.23. The van der Waals surface area contributed by atoms with Crippen molar-refractivity contribution in [3.05, 3.63) is 41.7 Å². The van der Waals surface area contributed by atoms with Crippen LogP contribution < -0.4 is 5.32 Å². The average molecular weight is 346 g/mol. The molecule has 6 nitrogen and oxygen atoms in total. The van der Waals surface area contributed by atoms with Crippen LogP contribution in [0.4, 0.5) is 0 Å². The summed E-state index contributed by atoms with van der Waals surface area (Å²) >= 11 is 1.41. The molecule has 1 saturated carbocycles. The summed E-state index contributed by atoms with van der Waals surface area (Å²) in [6, 6.07) is 10.2. The highest BCUT2D eigenvalue weighted by Crippen LogP contribution is 2.40. The third-order valence-electron chi connectivity index (χ3n) is 3.86. The number of aromatic nitrogens is 3. The minimum Gasteiger partial charge on any atom is -0.396 e. The maximum atomic E-state index is 11.8. The van der Waals surface area contributed by atoms with Gasteiger partial charge in [-0.05, 0) is 24.8 Å². The molecule has 1 aromatic heterocycles. The van der Waals surface area contributed by atoms with Crippen molar-refractivity contribution in [1.29, 1.82) is 0 Å². The van der Waals surface area contributed by atoms with E-state index in [0.29, 0.717) is 24.6 Å². The van der Waals surface area contributed by atoms with Gasteiger partial charge in [-0.15, -0.1) is 10.2 Å². The molecule has 0 aliphatic heterocycles. The number of carbonyl (C=O) groups is 1. The lowest BCUT2D eigenvalue weighted by atomic mass is 10.2. The molecule has 3 rings (SSSR count). The highest BCUT2D eigenvalue weighted by molar-refractivity contribution is 7.99. The van der Waals surface area contributed by atoms with E-state index in [4.69, 9.17) is 5.11 Å². The Morgan fingerprint density at radius 3 is 2.79 bits per heavy atom. The number of aliphatic hydroxyl groups is 1. The second kappa shape index (κ2) is 8.30. The summed E-state index contributed by atoms with van der Waals surface area (Å²) < 4.78 is 2.14. The van der Waals surface area contributed by atoms with Gasteiger partial charge in [0.25, 0.3) is 0 Å². The summed E-state index contributed by atoms with van der Waals surface area (Å²) in [5.74, 6) is 1.80. The van der Waals surface area contributed by atoms with Crippen LogP contribution in [0.2, 0.25) is 0 Å². The molecule has 2 aromatic rings. The van der Waals surface area contributed by atoms with Crippen molar-refractivity contribution >= 4 is 17.7 Å². The standard InChI is InChI=1S/C17H22N4O2S/c22-10-4-9-18-15(23)12-24-17-20-19-16(14-7-8-14)21(17)11-13-5-2-1-3-6-13/h1-3,5-6,14,22H,4,7-12H2,(H,18,23). The van der Waals surface area contributed by atoms with Crippen LogP contribution in [0.1, 0.15) is 36.6 Å². The molecule has 2 N–H and O–H groups in total. The van der Waals surface area contributed by atoms with E-state index >= 15 is 0 Å². The zero-order valence-corrected chi connectivity index (χ0v) is 14.3. The molecular weight excluding hydrogens is 324 g/mol. The van der Waals surface area contributed by atoms with Crippen molar-refractivity contribution in [3.63, 3.8) is 0 Å². The van der Waals surface area contributed by atoms with Crippen LogP contribution in [0.5, 0.6) is 0 Å². The van der Waals surface area contributed by atoms with Crippen LogP contribution in [-0.2, 0) is 11.3 Å². The van der Waals surface area contributed by atoms with E-state index in [1.54, 1.807) is 0 Å². The third-order valence-corrected chi connectivity index (χ3v) is 4.83. The van der Waals surface area contributed by atoms with E-state index in [1.165, 1.54) is 30.2 Å². The van der Waals surface area contributed by atoms with Crippen LogP contribution in [-0.4, -0.2) is 44.7 Å². The number of amides is 1. The summed E-state index contributed by atoms with van der Waals surface area (Å²) in [5, 5.41) is 21.0. The van der Waals surface area contributed by atoms with Gasteiger partial charge < -0.3 is 15.0 Å². The SMILES string of the molecule is O=C(CSc1nnc(C2CC2)n1Cc1ccccc1)NCCCO. The molecule has 1 fully saturated rings. The van der Waals surface area contributed by atoms with Gasteiger partial charge in [-0.1, -0.05) is 42.1 Å². The molecule has 0 radical (unpaired) electrons. The Labute approximate surface area is 145 Å². The number of carbonyl (C=O) groups excluding carboxylic acids is 1. The van der Waals surface area contributed by atoms with Crippen molar-refractivity contribution in [2.45, 2.75) is 36.9 Å². The predicted molar refractivity (Wildman–Crippen MR) is 93.0 cm³/mol. The number of rotatable bonds is 9. The maximum absolute atomic E-state index is 11.8. The Balaban J connectivity index is 1.65. The summed E-state index contributed by atoms with van der Waals surface area (Å²) in [7, 11) is 0. The lowest BCUT2D eigenvalue weighted by molar-refractivity contribution is -0.118. The van der Waals surface area contributed by atoms with E-state index in [0.717, 1.165) is 17.5 Å². The number of hydrogen-bond acceptors (Lipinski definition) is 5. The lowest BCUT2D eigenvalue weighted by Crippen LogP contribution is -2.26. The van der Waals surface area contributed by atoms with Gasteiger partial charge in [0.15, 0.2) is 5.16 Å². The van der Waals surface area contributed by atoms with Crippen molar-refractivity contribution in [2.75, 3.05) is 18.9 Å². The maximum Gasteiger partial charge on any atom is 0.230 e. The molecule has 24 heavy (non-hydrogen) atoms. The molecule has 0 atom stereocenters. The van der Waals surface area contributed by atoms with E-state index in [2.05, 4.69) is 32.2 Å². The van der Waals surface area contributed by atoms with Crippen molar-refractivity contribution in [1.82, 2.24) is 20.1 Å². The first-order valence-electron chi connectivity index (χ1n) is 8.25. The Kier molecular flexibility index (Phi) is 5.87. The quantitative estimate of drug-likeness (QED) is 0.534. The first-order chi connectivity index (χ1) is 11.8. The zero-order chi connectivity index (χ0) is 16.8. The minimum atomic E-state index is -0.0457. The van der Waals surface area contributed by atoms with Crippen LogP contribution in [0, 0.1) is 0 Å². The fraction of sp³-hybridized carbons (Fsp3) is 0.471. The van der Waals surface area contributed by atoms with Crippen LogP contribution >= 0.6 is 11.8 Å². The molecular formula is C17H22N4O2S. The van der Waals surface area contributed by atoms with Crippen molar-refractivity contribution in [2.24, 2.45) is 0 Å². The summed E-state index contributed by atoms with van der Waals surface area (Å²) in [5.41, 5.74) is 1.20. The molecule has 128 valence electrons. The fourth-order valence-electron chi connectivity index (χ4n) is 2.45. The Morgan fingerprint density at radius 2 is 2.08 bits per heavy atom. The number of nitrogens with zero attached hydrogens (tertiary/aromatic N) is 3. The molecule has 0 unspecified atom stereocenters. The lowest BCUT2D eigenvalue weighted by Gasteiger charge is -2.10. The highest BCUT2D eigenvalue weighted by Gasteiger charge is 2.30. The number of thioether (sulfide) groups is 1. The van der Waals surface area contributed by atoms with Crippen LogP contribution in [0.25, 0.3) is 0 Å². The number of aliphatic hydroxyl groups excluding tert-OH is 1. The van der Waals surface area contributed by atoms with E-state index in [1.807, 2.05) is 18.2 Å². The second-order valence-electron chi connectivity index (χ2n) is 5.90. The molecule has 0 spiro atoms. The normalized spacial score (nSPS) is 13.9. The van der Waals surface area contributed by atoms with Gasteiger partial charge in [-0.2, -0.15) is 0 Å². The summed E-state index contributed by atoms with van der Waals surface area (Å²) in [6.45, 7) is 1.32. The minimum absolute atomic E-state index is 0.0457. The van der Waals surface area contributed by atoms with Gasteiger partial charge in [-0.25, -0.2) is 0 Å². The number of hydrogen-bond donors (Lipinski definition) is 2. The first-order valence-corrected chi connectivity index (χ1v) is 9.24. The number of benzene rings is 1. The van der Waals surface area contributed by atoms with E-state index in [9.17, 15) is 4.79 Å². The molecule has 0 saturated heterocycles. The van der Waals surface area contributed by atoms with Crippen LogP contribution in [0.15, 0.2) is 35.5 Å². The van der Waals surface area contributed by atoms with Gasteiger partial charge in [0.2, 0.25) is 5.91 Å². The largest absolute Gasteiger partial charge is 0.396 e. The zero-order valence-electron chi connectivity index (χ0n) is 13.5. The van der Waals surface area contributed by atoms with Crippen molar-refractivity contribution in [3.8, 4) is 0 Å². The summed E-state index contributed by atoms with van der Waals surface area (Å²) in [6.07, 6.45) is 2.91. The molecule has 7 heteroatoms. The molecule has 1 amide bonds. The van der Waals surface area contributed by atoms with Gasteiger partial charge in [0.1, 0.15) is 5.82 Å². The Bertz CT molecular complexity index is 670. The second-order valence-corrected chi connectivity index (χ2v) is 6.85. The number of nitrogens with one attached hydrogen (secondary N) is 1. The highest BCUT2D eigenvalue weighted by atomic mass is 32.2. The molecule has 1 aliphatic carbocycles.